The molecule has 146 valence electrons. The molecule has 1 atom stereocenters. The zero-order valence-electron chi connectivity index (χ0n) is 16.0. The fourth-order valence-electron chi connectivity index (χ4n) is 3.22. The topological polar surface area (TPSA) is 78.5 Å². The molecule has 1 heterocycles. The van der Waals surface area contributed by atoms with Crippen LogP contribution in [0.25, 0.3) is 0 Å². The molecular weight excluding hydrogens is 354 g/mol. The van der Waals surface area contributed by atoms with Crippen molar-refractivity contribution in [3.8, 4) is 0 Å². The van der Waals surface area contributed by atoms with Crippen molar-refractivity contribution in [2.45, 2.75) is 32.2 Å². The molecule has 28 heavy (non-hydrogen) atoms. The number of para-hydroxylation sites is 1. The Balaban J connectivity index is 1.66. The summed E-state index contributed by atoms with van der Waals surface area (Å²) in [4.78, 5) is 39.5. The summed E-state index contributed by atoms with van der Waals surface area (Å²) in [7, 11) is 0. The first-order valence-electron chi connectivity index (χ1n) is 9.61. The van der Waals surface area contributed by atoms with E-state index in [0.29, 0.717) is 16.8 Å². The zero-order valence-corrected chi connectivity index (χ0v) is 16.0. The number of amides is 3. The molecule has 3 amide bonds. The summed E-state index contributed by atoms with van der Waals surface area (Å²) in [6.07, 6.45) is 3.15. The van der Waals surface area contributed by atoms with Crippen molar-refractivity contribution in [3.63, 3.8) is 0 Å². The molecule has 1 aliphatic rings. The van der Waals surface area contributed by atoms with E-state index in [1.54, 1.807) is 55.5 Å². The Morgan fingerprint density at radius 3 is 2.25 bits per heavy atom. The SMILES string of the molecule is CC(NC(=O)c1ccccc1)C(=O)Nc1ccccc1C(=O)N1CCCCC1. The lowest BCUT2D eigenvalue weighted by atomic mass is 10.1. The van der Waals surface area contributed by atoms with Gasteiger partial charge in [-0.05, 0) is 50.5 Å². The second-order valence-electron chi connectivity index (χ2n) is 6.95. The largest absolute Gasteiger partial charge is 0.341 e. The number of anilines is 1. The maximum Gasteiger partial charge on any atom is 0.255 e. The summed E-state index contributed by atoms with van der Waals surface area (Å²) >= 11 is 0. The van der Waals surface area contributed by atoms with E-state index in [1.807, 2.05) is 11.0 Å². The molecule has 6 nitrogen and oxygen atoms in total. The van der Waals surface area contributed by atoms with E-state index < -0.39 is 6.04 Å². The molecule has 0 aromatic heterocycles. The standard InChI is InChI=1S/C22H25N3O3/c1-16(23-21(27)17-10-4-2-5-11-17)20(26)24-19-13-7-6-12-18(19)22(28)25-14-8-3-9-15-25/h2,4-7,10-13,16H,3,8-9,14-15H2,1H3,(H,23,27)(H,24,26). The average Bonchev–Trinajstić information content (AvgIpc) is 2.74. The Hall–Kier alpha value is -3.15. The Morgan fingerprint density at radius 2 is 1.54 bits per heavy atom. The van der Waals surface area contributed by atoms with Crippen LogP contribution in [0.1, 0.15) is 46.9 Å². The zero-order chi connectivity index (χ0) is 19.9. The van der Waals surface area contributed by atoms with Crippen molar-refractivity contribution >= 4 is 23.4 Å². The van der Waals surface area contributed by atoms with Crippen LogP contribution in [0.15, 0.2) is 54.6 Å². The van der Waals surface area contributed by atoms with Crippen LogP contribution in [-0.2, 0) is 4.79 Å². The highest BCUT2D eigenvalue weighted by molar-refractivity contribution is 6.06. The fourth-order valence-corrected chi connectivity index (χ4v) is 3.22. The molecule has 0 bridgehead atoms. The normalized spacial score (nSPS) is 14.8. The van der Waals surface area contributed by atoms with Gasteiger partial charge in [0.25, 0.3) is 11.8 Å². The summed E-state index contributed by atoms with van der Waals surface area (Å²) in [6.45, 7) is 3.10. The maximum atomic E-state index is 12.8. The number of likely N-dealkylation sites (tertiary alicyclic amines) is 1. The minimum absolute atomic E-state index is 0.0726. The number of carbonyl (C=O) groups excluding carboxylic acids is 3. The van der Waals surface area contributed by atoms with Crippen LogP contribution in [0.3, 0.4) is 0 Å². The Kier molecular flexibility index (Phi) is 6.42. The van der Waals surface area contributed by atoms with Gasteiger partial charge in [0, 0.05) is 18.7 Å². The van der Waals surface area contributed by atoms with Crippen molar-refractivity contribution in [2.24, 2.45) is 0 Å². The molecule has 1 fully saturated rings. The molecule has 1 aliphatic heterocycles. The molecule has 0 saturated carbocycles. The van der Waals surface area contributed by atoms with Crippen molar-refractivity contribution < 1.29 is 14.4 Å². The van der Waals surface area contributed by atoms with Gasteiger partial charge < -0.3 is 15.5 Å². The molecule has 0 spiro atoms. The quantitative estimate of drug-likeness (QED) is 0.838. The highest BCUT2D eigenvalue weighted by Crippen LogP contribution is 2.20. The first-order valence-corrected chi connectivity index (χ1v) is 9.61. The van der Waals surface area contributed by atoms with Crippen LogP contribution in [0.2, 0.25) is 0 Å². The summed E-state index contributed by atoms with van der Waals surface area (Å²) in [5.74, 6) is -0.763. The van der Waals surface area contributed by atoms with Gasteiger partial charge in [-0.3, -0.25) is 14.4 Å². The van der Waals surface area contributed by atoms with Crippen LogP contribution in [-0.4, -0.2) is 41.8 Å². The highest BCUT2D eigenvalue weighted by Gasteiger charge is 2.23. The van der Waals surface area contributed by atoms with E-state index in [-0.39, 0.29) is 17.7 Å². The smallest absolute Gasteiger partial charge is 0.255 e. The van der Waals surface area contributed by atoms with E-state index >= 15 is 0 Å². The van der Waals surface area contributed by atoms with Crippen molar-refractivity contribution in [3.05, 3.63) is 65.7 Å². The van der Waals surface area contributed by atoms with Crippen LogP contribution in [0.5, 0.6) is 0 Å². The Morgan fingerprint density at radius 1 is 0.893 bits per heavy atom. The van der Waals surface area contributed by atoms with Gasteiger partial charge in [-0.25, -0.2) is 0 Å². The minimum atomic E-state index is -0.745. The van der Waals surface area contributed by atoms with E-state index in [9.17, 15) is 14.4 Å². The van der Waals surface area contributed by atoms with Gasteiger partial charge in [0.05, 0.1) is 11.3 Å². The fraction of sp³-hybridized carbons (Fsp3) is 0.318. The number of carbonyl (C=O) groups is 3. The number of nitrogens with zero attached hydrogens (tertiary/aromatic N) is 1. The third kappa shape index (κ3) is 4.76. The van der Waals surface area contributed by atoms with Crippen LogP contribution >= 0.6 is 0 Å². The molecule has 6 heteroatoms. The van der Waals surface area contributed by atoms with E-state index in [2.05, 4.69) is 10.6 Å². The van der Waals surface area contributed by atoms with Crippen LogP contribution in [0, 0.1) is 0 Å². The summed E-state index contributed by atoms with van der Waals surface area (Å²) in [5.41, 5.74) is 1.42. The third-order valence-corrected chi connectivity index (χ3v) is 4.84. The second kappa shape index (κ2) is 9.17. The second-order valence-corrected chi connectivity index (χ2v) is 6.95. The lowest BCUT2D eigenvalue weighted by Gasteiger charge is -2.27. The summed E-state index contributed by atoms with van der Waals surface area (Å²) in [6, 6.07) is 15.0. The Labute approximate surface area is 164 Å². The van der Waals surface area contributed by atoms with Crippen molar-refractivity contribution in [1.29, 1.82) is 0 Å². The highest BCUT2D eigenvalue weighted by atomic mass is 16.2. The van der Waals surface area contributed by atoms with Gasteiger partial charge in [-0.1, -0.05) is 30.3 Å². The molecule has 0 aliphatic carbocycles. The summed E-state index contributed by atoms with van der Waals surface area (Å²) < 4.78 is 0. The van der Waals surface area contributed by atoms with Gasteiger partial charge in [0.1, 0.15) is 6.04 Å². The van der Waals surface area contributed by atoms with Gasteiger partial charge in [0.15, 0.2) is 0 Å². The average molecular weight is 379 g/mol. The van der Waals surface area contributed by atoms with Gasteiger partial charge in [0.2, 0.25) is 5.91 Å². The first kappa shape index (κ1) is 19.6. The maximum absolute atomic E-state index is 12.8. The molecule has 2 aromatic carbocycles. The molecule has 1 saturated heterocycles. The lowest BCUT2D eigenvalue weighted by Crippen LogP contribution is -2.42. The molecule has 2 N–H and O–H groups in total. The predicted octanol–water partition coefficient (Wildman–Crippen LogP) is 3.07. The summed E-state index contributed by atoms with van der Waals surface area (Å²) in [5, 5.41) is 5.47. The van der Waals surface area contributed by atoms with Gasteiger partial charge in [-0.15, -0.1) is 0 Å². The van der Waals surface area contributed by atoms with Crippen molar-refractivity contribution in [1.82, 2.24) is 10.2 Å². The molecule has 1 unspecified atom stereocenters. The number of hydrogen-bond donors (Lipinski definition) is 2. The first-order chi connectivity index (χ1) is 13.6. The van der Waals surface area contributed by atoms with Crippen LogP contribution in [0.4, 0.5) is 5.69 Å². The number of piperidine rings is 1. The van der Waals surface area contributed by atoms with Gasteiger partial charge >= 0.3 is 0 Å². The molecule has 2 aromatic rings. The molecular formula is C22H25N3O3. The Bertz CT molecular complexity index is 845. The van der Waals surface area contributed by atoms with E-state index in [4.69, 9.17) is 0 Å². The number of benzene rings is 2. The lowest BCUT2D eigenvalue weighted by molar-refractivity contribution is -0.117. The van der Waals surface area contributed by atoms with Gasteiger partial charge in [-0.2, -0.15) is 0 Å². The van der Waals surface area contributed by atoms with E-state index in [1.165, 1.54) is 0 Å². The predicted molar refractivity (Wildman–Crippen MR) is 108 cm³/mol. The van der Waals surface area contributed by atoms with Crippen LogP contribution < -0.4 is 10.6 Å². The molecule has 3 rings (SSSR count). The monoisotopic (exact) mass is 379 g/mol. The number of nitrogens with one attached hydrogen (secondary N) is 2. The number of rotatable bonds is 5. The van der Waals surface area contributed by atoms with Crippen molar-refractivity contribution in [2.75, 3.05) is 18.4 Å². The van der Waals surface area contributed by atoms with E-state index in [0.717, 1.165) is 32.4 Å². The third-order valence-electron chi connectivity index (χ3n) is 4.84. The minimum Gasteiger partial charge on any atom is -0.341 e. The number of hydrogen-bond acceptors (Lipinski definition) is 3. The molecule has 0 radical (unpaired) electrons.